The molecule has 0 aliphatic carbocycles. The van der Waals surface area contributed by atoms with Crippen LogP contribution in [0.25, 0.3) is 0 Å². The highest BCUT2D eigenvalue weighted by atomic mass is 35.5. The fourth-order valence-electron chi connectivity index (χ4n) is 2.52. The molecule has 0 radical (unpaired) electrons. The van der Waals surface area contributed by atoms with Crippen molar-refractivity contribution >= 4 is 11.6 Å². The second-order valence-corrected chi connectivity index (χ2v) is 5.68. The van der Waals surface area contributed by atoms with Gasteiger partial charge >= 0.3 is 0 Å². The molecule has 2 aromatic carbocycles. The van der Waals surface area contributed by atoms with Crippen LogP contribution in [0.3, 0.4) is 0 Å². The number of fused-ring (bicyclic) bond motifs is 1. The summed E-state index contributed by atoms with van der Waals surface area (Å²) in [7, 11) is 0. The Morgan fingerprint density at radius 1 is 1.15 bits per heavy atom. The molecule has 1 N–H and O–H groups in total. The molecule has 3 rings (SSSR count). The Labute approximate surface area is 124 Å². The van der Waals surface area contributed by atoms with Crippen molar-refractivity contribution in [3.63, 3.8) is 0 Å². The fourth-order valence-corrected chi connectivity index (χ4v) is 2.79. The minimum atomic E-state index is 0.765. The molecule has 2 nitrogen and oxygen atoms in total. The van der Waals surface area contributed by atoms with E-state index in [0.717, 1.165) is 42.5 Å². The van der Waals surface area contributed by atoms with E-state index in [-0.39, 0.29) is 0 Å². The monoisotopic (exact) mass is 287 g/mol. The number of rotatable bonds is 4. The van der Waals surface area contributed by atoms with Gasteiger partial charge in [0.2, 0.25) is 0 Å². The summed E-state index contributed by atoms with van der Waals surface area (Å²) in [6.45, 7) is 4.49. The average molecular weight is 288 g/mol. The zero-order valence-corrected chi connectivity index (χ0v) is 12.3. The number of ether oxygens (including phenoxy) is 1. The van der Waals surface area contributed by atoms with Gasteiger partial charge in [-0.05, 0) is 30.2 Å². The van der Waals surface area contributed by atoms with Crippen molar-refractivity contribution in [3.05, 3.63) is 63.7 Å². The summed E-state index contributed by atoms with van der Waals surface area (Å²) in [6, 6.07) is 12.6. The molecule has 0 saturated carbocycles. The van der Waals surface area contributed by atoms with Gasteiger partial charge in [-0.2, -0.15) is 0 Å². The predicted octanol–water partition coefficient (Wildman–Crippen LogP) is 3.87. The molecule has 0 spiro atoms. The van der Waals surface area contributed by atoms with Crippen molar-refractivity contribution < 1.29 is 4.74 Å². The van der Waals surface area contributed by atoms with E-state index in [9.17, 15) is 0 Å². The van der Waals surface area contributed by atoms with Crippen molar-refractivity contribution in [2.45, 2.75) is 26.4 Å². The Balaban J connectivity index is 1.65. The number of hydrogen-bond donors (Lipinski definition) is 1. The van der Waals surface area contributed by atoms with E-state index in [1.54, 1.807) is 0 Å². The molecule has 0 fully saturated rings. The molecule has 3 heteroatoms. The van der Waals surface area contributed by atoms with Crippen LogP contribution in [0.4, 0.5) is 0 Å². The first kappa shape index (κ1) is 13.5. The van der Waals surface area contributed by atoms with Crippen LogP contribution in [0.2, 0.25) is 5.02 Å². The smallest absolute Gasteiger partial charge is 0.127 e. The standard InChI is InChI=1S/C17H18ClNO/c1-12-2-4-13(5-3-12)10-19-11-15-9-16(18)8-14-6-7-20-17(14)15/h2-5,8-9,19H,6-7,10-11H2,1H3. The van der Waals surface area contributed by atoms with E-state index in [1.165, 1.54) is 16.7 Å². The second kappa shape index (κ2) is 5.86. The van der Waals surface area contributed by atoms with Crippen LogP contribution in [0.1, 0.15) is 22.3 Å². The summed E-state index contributed by atoms with van der Waals surface area (Å²) in [5, 5.41) is 4.25. The van der Waals surface area contributed by atoms with Crippen LogP contribution >= 0.6 is 11.6 Å². The molecular weight excluding hydrogens is 270 g/mol. The third-order valence-electron chi connectivity index (χ3n) is 3.59. The van der Waals surface area contributed by atoms with Gasteiger partial charge in [0.15, 0.2) is 0 Å². The van der Waals surface area contributed by atoms with E-state index in [2.05, 4.69) is 36.5 Å². The number of hydrogen-bond acceptors (Lipinski definition) is 2. The molecule has 104 valence electrons. The highest BCUT2D eigenvalue weighted by molar-refractivity contribution is 6.30. The van der Waals surface area contributed by atoms with Gasteiger partial charge < -0.3 is 10.1 Å². The minimum Gasteiger partial charge on any atom is -0.493 e. The van der Waals surface area contributed by atoms with Crippen LogP contribution in [0, 0.1) is 6.92 Å². The van der Waals surface area contributed by atoms with E-state index < -0.39 is 0 Å². The van der Waals surface area contributed by atoms with E-state index in [1.807, 2.05) is 12.1 Å². The summed E-state index contributed by atoms with van der Waals surface area (Å²) in [5.41, 5.74) is 4.95. The Morgan fingerprint density at radius 2 is 1.95 bits per heavy atom. The van der Waals surface area contributed by atoms with Gasteiger partial charge in [-0.15, -0.1) is 0 Å². The summed E-state index contributed by atoms with van der Waals surface area (Å²) in [6.07, 6.45) is 0.959. The molecule has 0 amide bonds. The van der Waals surface area contributed by atoms with Gasteiger partial charge in [0.25, 0.3) is 0 Å². The van der Waals surface area contributed by atoms with Crippen LogP contribution in [0.5, 0.6) is 5.75 Å². The van der Waals surface area contributed by atoms with E-state index in [0.29, 0.717) is 0 Å². The van der Waals surface area contributed by atoms with Crippen LogP contribution < -0.4 is 10.1 Å². The highest BCUT2D eigenvalue weighted by Gasteiger charge is 2.17. The average Bonchev–Trinajstić information content (AvgIpc) is 2.89. The van der Waals surface area contributed by atoms with E-state index >= 15 is 0 Å². The third-order valence-corrected chi connectivity index (χ3v) is 3.81. The molecule has 0 unspecified atom stereocenters. The van der Waals surface area contributed by atoms with Crippen molar-refractivity contribution in [2.75, 3.05) is 6.61 Å². The Hall–Kier alpha value is -1.51. The lowest BCUT2D eigenvalue weighted by atomic mass is 10.1. The molecule has 1 aliphatic heterocycles. The predicted molar refractivity (Wildman–Crippen MR) is 82.4 cm³/mol. The largest absolute Gasteiger partial charge is 0.493 e. The van der Waals surface area contributed by atoms with Crippen molar-refractivity contribution in [1.29, 1.82) is 0 Å². The molecule has 0 saturated heterocycles. The zero-order valence-electron chi connectivity index (χ0n) is 11.6. The Morgan fingerprint density at radius 3 is 2.75 bits per heavy atom. The summed E-state index contributed by atoms with van der Waals surface area (Å²) in [5.74, 6) is 1.02. The van der Waals surface area contributed by atoms with Crippen molar-refractivity contribution in [2.24, 2.45) is 0 Å². The molecule has 2 aromatic rings. The maximum atomic E-state index is 6.16. The van der Waals surface area contributed by atoms with Gasteiger partial charge in [0, 0.05) is 30.1 Å². The number of halogens is 1. The Bertz CT molecular complexity index is 607. The normalized spacial score (nSPS) is 13.1. The van der Waals surface area contributed by atoms with Gasteiger partial charge in [-0.1, -0.05) is 41.4 Å². The molecular formula is C17H18ClNO. The van der Waals surface area contributed by atoms with Crippen LogP contribution in [0.15, 0.2) is 36.4 Å². The van der Waals surface area contributed by atoms with Crippen molar-refractivity contribution in [1.82, 2.24) is 5.32 Å². The molecule has 1 heterocycles. The van der Waals surface area contributed by atoms with Crippen LogP contribution in [-0.4, -0.2) is 6.61 Å². The maximum Gasteiger partial charge on any atom is 0.127 e. The SMILES string of the molecule is Cc1ccc(CNCc2cc(Cl)cc3c2OCC3)cc1. The van der Waals surface area contributed by atoms with E-state index in [4.69, 9.17) is 16.3 Å². The lowest BCUT2D eigenvalue weighted by Crippen LogP contribution is -2.13. The number of benzene rings is 2. The lowest BCUT2D eigenvalue weighted by Gasteiger charge is -2.10. The quantitative estimate of drug-likeness (QED) is 0.922. The Kier molecular flexibility index (Phi) is 3.95. The molecule has 20 heavy (non-hydrogen) atoms. The molecule has 0 atom stereocenters. The minimum absolute atomic E-state index is 0.765. The van der Waals surface area contributed by atoms with Gasteiger partial charge in [-0.3, -0.25) is 0 Å². The van der Waals surface area contributed by atoms with Crippen LogP contribution in [-0.2, 0) is 19.5 Å². The lowest BCUT2D eigenvalue weighted by molar-refractivity contribution is 0.352. The molecule has 0 aromatic heterocycles. The molecule has 0 bridgehead atoms. The second-order valence-electron chi connectivity index (χ2n) is 5.24. The molecule has 1 aliphatic rings. The third kappa shape index (κ3) is 2.97. The van der Waals surface area contributed by atoms with Crippen molar-refractivity contribution in [3.8, 4) is 5.75 Å². The first-order valence-electron chi connectivity index (χ1n) is 6.93. The summed E-state index contributed by atoms with van der Waals surface area (Å²) < 4.78 is 5.70. The first-order chi connectivity index (χ1) is 9.72. The fraction of sp³-hybridized carbons (Fsp3) is 0.294. The summed E-state index contributed by atoms with van der Waals surface area (Å²) in [4.78, 5) is 0. The summed E-state index contributed by atoms with van der Waals surface area (Å²) >= 11 is 6.16. The maximum absolute atomic E-state index is 6.16. The number of nitrogens with one attached hydrogen (secondary N) is 1. The topological polar surface area (TPSA) is 21.3 Å². The van der Waals surface area contributed by atoms with Gasteiger partial charge in [0.05, 0.1) is 6.61 Å². The number of aryl methyl sites for hydroxylation is 1. The zero-order chi connectivity index (χ0) is 13.9. The highest BCUT2D eigenvalue weighted by Crippen LogP contribution is 2.32. The first-order valence-corrected chi connectivity index (χ1v) is 7.30. The van der Waals surface area contributed by atoms with Gasteiger partial charge in [-0.25, -0.2) is 0 Å². The van der Waals surface area contributed by atoms with Gasteiger partial charge in [0.1, 0.15) is 5.75 Å².